The van der Waals surface area contributed by atoms with Gasteiger partial charge < -0.3 is 5.32 Å². The minimum absolute atomic E-state index is 0.0516. The van der Waals surface area contributed by atoms with Gasteiger partial charge in [0.25, 0.3) is 5.91 Å². The van der Waals surface area contributed by atoms with E-state index in [4.69, 9.17) is 23.2 Å². The molecule has 1 aromatic rings. The van der Waals surface area contributed by atoms with Crippen LogP contribution >= 0.6 is 35.0 Å². The number of hydrogen-bond acceptors (Lipinski definition) is 4. The molecular formula is C11H9Cl2N3OS. The number of aromatic nitrogens is 1. The molecule has 0 spiro atoms. The third-order valence-corrected chi connectivity index (χ3v) is 4.32. The highest BCUT2D eigenvalue weighted by Gasteiger charge is 2.36. The minimum atomic E-state index is -0.824. The zero-order valence-corrected chi connectivity index (χ0v) is 11.6. The van der Waals surface area contributed by atoms with Gasteiger partial charge in [0.1, 0.15) is 16.4 Å². The van der Waals surface area contributed by atoms with Crippen LogP contribution in [0.3, 0.4) is 0 Å². The van der Waals surface area contributed by atoms with Crippen molar-refractivity contribution in [3.05, 3.63) is 28.0 Å². The van der Waals surface area contributed by atoms with E-state index in [1.165, 1.54) is 12.1 Å². The maximum absolute atomic E-state index is 12.1. The first kappa shape index (κ1) is 13.5. The lowest BCUT2D eigenvalue weighted by Crippen LogP contribution is -2.47. The normalized spacial score (nSPS) is 22.5. The van der Waals surface area contributed by atoms with Gasteiger partial charge in [0.15, 0.2) is 0 Å². The van der Waals surface area contributed by atoms with Gasteiger partial charge >= 0.3 is 0 Å². The molecule has 1 aliphatic rings. The number of hydrogen-bond donors (Lipinski definition) is 1. The summed E-state index contributed by atoms with van der Waals surface area (Å²) in [7, 11) is 0. The summed E-state index contributed by atoms with van der Waals surface area (Å²) in [5.41, 5.74) is -0.773. The number of thioether (sulfide) groups is 1. The van der Waals surface area contributed by atoms with Crippen molar-refractivity contribution in [2.24, 2.45) is 0 Å². The maximum Gasteiger partial charge on any atom is 0.272 e. The summed E-state index contributed by atoms with van der Waals surface area (Å²) in [6.07, 6.45) is 0.623. The summed E-state index contributed by atoms with van der Waals surface area (Å²) in [6.45, 7) is 0. The largest absolute Gasteiger partial charge is 0.332 e. The van der Waals surface area contributed by atoms with E-state index < -0.39 is 11.4 Å². The lowest BCUT2D eigenvalue weighted by atomic mass is 10.0. The Balaban J connectivity index is 2.22. The van der Waals surface area contributed by atoms with E-state index >= 15 is 0 Å². The van der Waals surface area contributed by atoms with E-state index in [-0.39, 0.29) is 15.9 Å². The molecule has 2 rings (SSSR count). The van der Waals surface area contributed by atoms with Gasteiger partial charge in [-0.3, -0.25) is 4.79 Å². The first-order chi connectivity index (χ1) is 8.56. The van der Waals surface area contributed by atoms with Crippen molar-refractivity contribution < 1.29 is 4.79 Å². The second-order valence-corrected chi connectivity index (χ2v) is 5.81. The lowest BCUT2D eigenvalue weighted by Gasteiger charge is -2.21. The lowest BCUT2D eigenvalue weighted by molar-refractivity contribution is 0.0921. The Kier molecular flexibility index (Phi) is 4.00. The van der Waals surface area contributed by atoms with Crippen molar-refractivity contribution in [1.29, 1.82) is 5.26 Å². The molecule has 1 saturated heterocycles. The molecule has 1 amide bonds. The van der Waals surface area contributed by atoms with Crippen LogP contribution < -0.4 is 5.32 Å². The monoisotopic (exact) mass is 301 g/mol. The SMILES string of the molecule is N#CC1(NC(=O)c2nc(Cl)ccc2Cl)CCSC1. The van der Waals surface area contributed by atoms with Crippen LogP contribution in [0, 0.1) is 11.3 Å². The predicted molar refractivity (Wildman–Crippen MR) is 72.0 cm³/mol. The molecule has 0 bridgehead atoms. The average molecular weight is 302 g/mol. The fourth-order valence-electron chi connectivity index (χ4n) is 1.63. The molecule has 7 heteroatoms. The Morgan fingerprint density at radius 1 is 1.56 bits per heavy atom. The standard InChI is InChI=1S/C11H9Cl2N3OS/c12-7-1-2-8(13)15-9(7)10(17)16-11(5-14)3-4-18-6-11/h1-2H,3-4,6H2,(H,16,17). The van der Waals surface area contributed by atoms with Crippen molar-refractivity contribution in [2.45, 2.75) is 12.0 Å². The van der Waals surface area contributed by atoms with Crippen LogP contribution in [0.5, 0.6) is 0 Å². The number of halogens is 2. The Morgan fingerprint density at radius 3 is 2.94 bits per heavy atom. The number of pyridine rings is 1. The van der Waals surface area contributed by atoms with Crippen molar-refractivity contribution in [3.63, 3.8) is 0 Å². The summed E-state index contributed by atoms with van der Waals surface area (Å²) in [6, 6.07) is 5.17. The second-order valence-electron chi connectivity index (χ2n) is 3.92. The summed E-state index contributed by atoms with van der Waals surface area (Å²) >= 11 is 13.3. The number of rotatable bonds is 2. The van der Waals surface area contributed by atoms with E-state index in [1.807, 2.05) is 0 Å². The molecule has 2 heterocycles. The summed E-state index contributed by atoms with van der Waals surface area (Å²) in [5.74, 6) is 0.962. The molecule has 1 N–H and O–H groups in total. The summed E-state index contributed by atoms with van der Waals surface area (Å²) in [5, 5.41) is 12.3. The van der Waals surface area contributed by atoms with Gasteiger partial charge in [0.2, 0.25) is 0 Å². The van der Waals surface area contributed by atoms with Gasteiger partial charge in [-0.1, -0.05) is 23.2 Å². The third-order valence-electron chi connectivity index (χ3n) is 2.62. The molecule has 4 nitrogen and oxygen atoms in total. The van der Waals surface area contributed by atoms with Gasteiger partial charge in [0, 0.05) is 5.75 Å². The maximum atomic E-state index is 12.1. The average Bonchev–Trinajstić information content (AvgIpc) is 2.81. The molecule has 0 aliphatic carbocycles. The Hall–Kier alpha value is -0.960. The molecule has 1 aromatic heterocycles. The van der Waals surface area contributed by atoms with Crippen molar-refractivity contribution >= 4 is 40.9 Å². The van der Waals surface area contributed by atoms with Crippen LogP contribution in [0.1, 0.15) is 16.9 Å². The molecule has 0 aromatic carbocycles. The molecule has 1 aliphatic heterocycles. The van der Waals surface area contributed by atoms with E-state index in [0.717, 1.165) is 5.75 Å². The van der Waals surface area contributed by atoms with Crippen LogP contribution in [0.4, 0.5) is 0 Å². The fraction of sp³-hybridized carbons (Fsp3) is 0.364. The molecule has 1 unspecified atom stereocenters. The number of nitrogens with one attached hydrogen (secondary N) is 1. The summed E-state index contributed by atoms with van der Waals surface area (Å²) < 4.78 is 0. The zero-order valence-electron chi connectivity index (χ0n) is 9.24. The molecule has 18 heavy (non-hydrogen) atoms. The molecule has 0 saturated carbocycles. The van der Waals surface area contributed by atoms with Crippen LogP contribution in [-0.4, -0.2) is 27.9 Å². The van der Waals surface area contributed by atoms with Crippen molar-refractivity contribution in [1.82, 2.24) is 10.3 Å². The Labute approximate surface area is 119 Å². The molecule has 1 atom stereocenters. The fourth-order valence-corrected chi connectivity index (χ4v) is 3.24. The van der Waals surface area contributed by atoms with Gasteiger partial charge in [-0.15, -0.1) is 0 Å². The van der Waals surface area contributed by atoms with Gasteiger partial charge in [-0.2, -0.15) is 17.0 Å². The van der Waals surface area contributed by atoms with E-state index in [2.05, 4.69) is 16.4 Å². The van der Waals surface area contributed by atoms with Gasteiger partial charge in [-0.25, -0.2) is 4.98 Å². The number of amides is 1. The van der Waals surface area contributed by atoms with Crippen molar-refractivity contribution in [3.8, 4) is 6.07 Å². The molecule has 0 radical (unpaired) electrons. The quantitative estimate of drug-likeness (QED) is 0.853. The van der Waals surface area contributed by atoms with Crippen molar-refractivity contribution in [2.75, 3.05) is 11.5 Å². The highest BCUT2D eigenvalue weighted by Crippen LogP contribution is 2.28. The van der Waals surface area contributed by atoms with E-state index in [0.29, 0.717) is 12.2 Å². The Bertz CT molecular complexity index is 524. The molecule has 94 valence electrons. The number of nitriles is 1. The zero-order chi connectivity index (χ0) is 13.2. The van der Waals surface area contributed by atoms with Gasteiger partial charge in [0.05, 0.1) is 11.1 Å². The van der Waals surface area contributed by atoms with Crippen LogP contribution in [0.25, 0.3) is 0 Å². The topological polar surface area (TPSA) is 65.8 Å². The number of carbonyl (C=O) groups is 1. The second kappa shape index (κ2) is 5.35. The Morgan fingerprint density at radius 2 is 2.33 bits per heavy atom. The first-order valence-corrected chi connectivity index (χ1v) is 7.11. The minimum Gasteiger partial charge on any atom is -0.332 e. The van der Waals surface area contributed by atoms with Crippen LogP contribution in [-0.2, 0) is 0 Å². The highest BCUT2D eigenvalue weighted by molar-refractivity contribution is 7.99. The smallest absolute Gasteiger partial charge is 0.272 e. The van der Waals surface area contributed by atoms with E-state index in [1.54, 1.807) is 11.8 Å². The molecule has 1 fully saturated rings. The number of nitrogens with zero attached hydrogens (tertiary/aromatic N) is 2. The molecular weight excluding hydrogens is 293 g/mol. The highest BCUT2D eigenvalue weighted by atomic mass is 35.5. The first-order valence-electron chi connectivity index (χ1n) is 5.20. The van der Waals surface area contributed by atoms with Gasteiger partial charge in [-0.05, 0) is 24.3 Å². The third kappa shape index (κ3) is 2.72. The summed E-state index contributed by atoms with van der Waals surface area (Å²) in [4.78, 5) is 15.9. The number of carbonyl (C=O) groups excluding carboxylic acids is 1. The van der Waals surface area contributed by atoms with Crippen LogP contribution in [0.15, 0.2) is 12.1 Å². The predicted octanol–water partition coefficient (Wildman–Crippen LogP) is 2.52. The van der Waals surface area contributed by atoms with Crippen LogP contribution in [0.2, 0.25) is 10.2 Å². The van der Waals surface area contributed by atoms with E-state index in [9.17, 15) is 10.1 Å².